The van der Waals surface area contributed by atoms with Crippen molar-refractivity contribution in [1.82, 2.24) is 9.88 Å². The summed E-state index contributed by atoms with van der Waals surface area (Å²) in [5.74, 6) is -3.18. The Labute approximate surface area is 213 Å². The van der Waals surface area contributed by atoms with Gasteiger partial charge in [0.05, 0.1) is 40.9 Å². The number of nitrogens with zero attached hydrogens (tertiary/aromatic N) is 2. The Morgan fingerprint density at radius 1 is 1.21 bits per heavy atom. The van der Waals surface area contributed by atoms with E-state index in [0.29, 0.717) is 25.8 Å². The van der Waals surface area contributed by atoms with Gasteiger partial charge >= 0.3 is 5.97 Å². The van der Waals surface area contributed by atoms with E-state index >= 15 is 4.39 Å². The van der Waals surface area contributed by atoms with E-state index < -0.39 is 29.3 Å². The van der Waals surface area contributed by atoms with E-state index in [1.54, 1.807) is 36.4 Å². The second-order valence-corrected chi connectivity index (χ2v) is 9.66. The zero-order chi connectivity index (χ0) is 24.6. The molecule has 1 aliphatic rings. The average molecular weight is 568 g/mol. The first-order chi connectivity index (χ1) is 16.1. The minimum Gasteiger partial charge on any atom is -0.481 e. The van der Waals surface area contributed by atoms with E-state index in [9.17, 15) is 14.7 Å². The fraction of sp³-hybridized carbons (Fsp3) is 0.208. The van der Waals surface area contributed by atoms with Gasteiger partial charge < -0.3 is 9.84 Å². The molecule has 0 aliphatic carbocycles. The maximum Gasteiger partial charge on any atom is 0.308 e. The first-order valence-corrected chi connectivity index (χ1v) is 11.7. The third kappa shape index (κ3) is 4.43. The van der Waals surface area contributed by atoms with Crippen molar-refractivity contribution in [3.05, 3.63) is 97.4 Å². The number of hydrogen-bond acceptors (Lipinski definition) is 4. The number of aromatic nitrogens is 1. The van der Waals surface area contributed by atoms with Gasteiger partial charge in [0.25, 0.3) is 5.91 Å². The van der Waals surface area contributed by atoms with Crippen LogP contribution in [-0.4, -0.2) is 33.5 Å². The minimum atomic E-state index is -1.76. The van der Waals surface area contributed by atoms with E-state index in [0.717, 1.165) is 0 Å². The summed E-state index contributed by atoms with van der Waals surface area (Å²) < 4.78 is 22.2. The number of carbonyl (C=O) groups is 2. The molecule has 0 saturated carbocycles. The highest BCUT2D eigenvalue weighted by Gasteiger charge is 2.54. The Kier molecular flexibility index (Phi) is 6.96. The summed E-state index contributed by atoms with van der Waals surface area (Å²) in [6.45, 7) is 1.13. The van der Waals surface area contributed by atoms with Crippen molar-refractivity contribution in [3.8, 4) is 0 Å². The molecule has 1 N–H and O–H groups in total. The number of amides is 1. The van der Waals surface area contributed by atoms with Gasteiger partial charge in [-0.15, -0.1) is 0 Å². The molecule has 1 aromatic heterocycles. The molecule has 2 aromatic carbocycles. The van der Waals surface area contributed by atoms with Crippen molar-refractivity contribution in [2.45, 2.75) is 19.2 Å². The number of halogens is 4. The molecule has 0 spiro atoms. The first-order valence-electron chi connectivity index (χ1n) is 10.2. The van der Waals surface area contributed by atoms with E-state index in [1.165, 1.54) is 30.2 Å². The van der Waals surface area contributed by atoms with Crippen LogP contribution in [0.1, 0.15) is 34.1 Å². The molecule has 34 heavy (non-hydrogen) atoms. The molecule has 6 nitrogen and oxygen atoms in total. The summed E-state index contributed by atoms with van der Waals surface area (Å²) in [7, 11) is 0. The van der Waals surface area contributed by atoms with Gasteiger partial charge in [-0.25, -0.2) is 4.39 Å². The van der Waals surface area contributed by atoms with Crippen LogP contribution in [0.5, 0.6) is 0 Å². The standard InChI is InChI=1S/C24H18BrCl2FN2O4/c1-13(23(32)33)12-34-24(14-2-4-16(26)5-3-14)21-19(8-15(25)9-20(21)28)22(31)30(24)11-18-7-6-17(27)10-29-18/h2-10,13H,11-12H2,1H3,(H,32,33)/t13-,24?/m0/s1. The second-order valence-electron chi connectivity index (χ2n) is 7.87. The fourth-order valence-electron chi connectivity index (χ4n) is 3.88. The summed E-state index contributed by atoms with van der Waals surface area (Å²) in [6, 6.07) is 12.5. The molecule has 2 heterocycles. The van der Waals surface area contributed by atoms with Gasteiger partial charge in [0, 0.05) is 21.3 Å². The number of carboxylic acid groups (broad SMARTS) is 1. The summed E-state index contributed by atoms with van der Waals surface area (Å²) >= 11 is 15.3. The van der Waals surface area contributed by atoms with Crippen molar-refractivity contribution < 1.29 is 23.8 Å². The van der Waals surface area contributed by atoms with Gasteiger partial charge in [-0.2, -0.15) is 0 Å². The summed E-state index contributed by atoms with van der Waals surface area (Å²) in [5, 5.41) is 10.3. The van der Waals surface area contributed by atoms with Gasteiger partial charge in [0.1, 0.15) is 5.82 Å². The monoisotopic (exact) mass is 566 g/mol. The first kappa shape index (κ1) is 24.6. The van der Waals surface area contributed by atoms with Gasteiger partial charge in [-0.1, -0.05) is 51.3 Å². The number of carboxylic acids is 1. The van der Waals surface area contributed by atoms with E-state index in [-0.39, 0.29) is 24.3 Å². The Bertz CT molecular complexity index is 1260. The number of hydrogen-bond donors (Lipinski definition) is 1. The van der Waals surface area contributed by atoms with E-state index in [1.807, 2.05) is 0 Å². The number of rotatable bonds is 7. The zero-order valence-electron chi connectivity index (χ0n) is 17.8. The minimum absolute atomic E-state index is 0.00502. The van der Waals surface area contributed by atoms with Gasteiger partial charge in [-0.3, -0.25) is 19.5 Å². The van der Waals surface area contributed by atoms with E-state index in [2.05, 4.69) is 20.9 Å². The van der Waals surface area contributed by atoms with Gasteiger partial charge in [0.15, 0.2) is 5.72 Å². The van der Waals surface area contributed by atoms with Crippen molar-refractivity contribution in [3.63, 3.8) is 0 Å². The highest BCUT2D eigenvalue weighted by Crippen LogP contribution is 2.48. The molecule has 1 aliphatic heterocycles. The number of carbonyl (C=O) groups excluding carboxylic acids is 1. The molecule has 0 fully saturated rings. The fourth-order valence-corrected chi connectivity index (χ4v) is 4.55. The normalized spacial score (nSPS) is 18.1. The van der Waals surface area contributed by atoms with Crippen molar-refractivity contribution in [1.29, 1.82) is 0 Å². The number of benzene rings is 2. The zero-order valence-corrected chi connectivity index (χ0v) is 20.9. The highest BCUT2D eigenvalue weighted by molar-refractivity contribution is 9.10. The van der Waals surface area contributed by atoms with Crippen LogP contribution in [0.15, 0.2) is 59.2 Å². The van der Waals surface area contributed by atoms with Crippen molar-refractivity contribution >= 4 is 51.0 Å². The van der Waals surface area contributed by atoms with E-state index in [4.69, 9.17) is 27.9 Å². The maximum absolute atomic E-state index is 15.6. The molecular formula is C24H18BrCl2FN2O4. The molecule has 3 aromatic rings. The predicted molar refractivity (Wildman–Crippen MR) is 128 cm³/mol. The van der Waals surface area contributed by atoms with Crippen molar-refractivity contribution in [2.75, 3.05) is 6.61 Å². The Balaban J connectivity index is 1.95. The lowest BCUT2D eigenvalue weighted by Gasteiger charge is -2.40. The van der Waals surface area contributed by atoms with Gasteiger partial charge in [0.2, 0.25) is 0 Å². The van der Waals surface area contributed by atoms with Crippen LogP contribution in [0.3, 0.4) is 0 Å². The second kappa shape index (κ2) is 9.62. The summed E-state index contributed by atoms with van der Waals surface area (Å²) in [6.07, 6.45) is 1.44. The van der Waals surface area contributed by atoms with Crippen LogP contribution >= 0.6 is 39.1 Å². The molecule has 10 heteroatoms. The Morgan fingerprint density at radius 3 is 2.50 bits per heavy atom. The topological polar surface area (TPSA) is 79.7 Å². The number of aliphatic carboxylic acids is 1. The molecule has 4 rings (SSSR count). The molecule has 0 radical (unpaired) electrons. The average Bonchev–Trinajstić information content (AvgIpc) is 3.02. The Hall–Kier alpha value is -2.52. The third-order valence-electron chi connectivity index (χ3n) is 5.56. The van der Waals surface area contributed by atoms with Crippen LogP contribution in [0, 0.1) is 11.7 Å². The molecule has 1 amide bonds. The van der Waals surface area contributed by atoms with Crippen molar-refractivity contribution in [2.24, 2.45) is 5.92 Å². The van der Waals surface area contributed by atoms with Crippen LogP contribution in [0.2, 0.25) is 10.0 Å². The van der Waals surface area contributed by atoms with Crippen LogP contribution in [0.4, 0.5) is 4.39 Å². The van der Waals surface area contributed by atoms with Crippen LogP contribution < -0.4 is 0 Å². The molecular weight excluding hydrogens is 550 g/mol. The molecule has 0 bridgehead atoms. The smallest absolute Gasteiger partial charge is 0.308 e. The highest BCUT2D eigenvalue weighted by atomic mass is 79.9. The predicted octanol–water partition coefficient (Wildman–Crippen LogP) is 5.88. The van der Waals surface area contributed by atoms with Crippen LogP contribution in [-0.2, 0) is 21.8 Å². The lowest BCUT2D eigenvalue weighted by Crippen LogP contribution is -2.48. The lowest BCUT2D eigenvalue weighted by molar-refractivity contribution is -0.153. The number of pyridine rings is 1. The quantitative estimate of drug-likeness (QED) is 0.385. The van der Waals surface area contributed by atoms with Crippen LogP contribution in [0.25, 0.3) is 0 Å². The lowest BCUT2D eigenvalue weighted by atomic mass is 9.92. The van der Waals surface area contributed by atoms with Gasteiger partial charge in [-0.05, 0) is 43.3 Å². The molecule has 176 valence electrons. The Morgan fingerprint density at radius 2 is 1.88 bits per heavy atom. The third-order valence-corrected chi connectivity index (χ3v) is 6.49. The molecule has 2 atom stereocenters. The largest absolute Gasteiger partial charge is 0.481 e. The molecule has 1 unspecified atom stereocenters. The number of ether oxygens (including phenoxy) is 1. The maximum atomic E-state index is 15.6. The molecule has 0 saturated heterocycles. The number of fused-ring (bicyclic) bond motifs is 1. The summed E-state index contributed by atoms with van der Waals surface area (Å²) in [5.41, 5.74) is -0.768. The summed E-state index contributed by atoms with van der Waals surface area (Å²) in [4.78, 5) is 30.8. The SMILES string of the molecule is C[C@@H](COC1(c2ccc(Cl)cc2)c2c(F)cc(Br)cc2C(=O)N1Cc1ccc(Cl)cn1)C(=O)O.